The summed E-state index contributed by atoms with van der Waals surface area (Å²) in [5.74, 6) is 0.131. The van der Waals surface area contributed by atoms with E-state index >= 15 is 0 Å². The predicted molar refractivity (Wildman–Crippen MR) is 63.1 cm³/mol. The number of hydrogen-bond donors (Lipinski definition) is 1. The summed E-state index contributed by atoms with van der Waals surface area (Å²) in [5, 5.41) is 0. The molecule has 16 heavy (non-hydrogen) atoms. The highest BCUT2D eigenvalue weighted by molar-refractivity contribution is 6.02. The summed E-state index contributed by atoms with van der Waals surface area (Å²) in [5.41, 5.74) is 6.33. The van der Waals surface area contributed by atoms with E-state index in [-0.39, 0.29) is 5.78 Å². The average Bonchev–Trinajstić information content (AvgIpc) is 2.65. The van der Waals surface area contributed by atoms with Gasteiger partial charge in [0.05, 0.1) is 6.61 Å². The number of ether oxygens (including phenoxy) is 1. The molecular weight excluding hydrogens is 202 g/mol. The summed E-state index contributed by atoms with van der Waals surface area (Å²) < 4.78 is 5.25. The van der Waals surface area contributed by atoms with E-state index in [2.05, 4.69) is 6.08 Å². The van der Waals surface area contributed by atoms with Crippen LogP contribution in [0, 0.1) is 0 Å². The van der Waals surface area contributed by atoms with Gasteiger partial charge in [-0.3, -0.25) is 4.79 Å². The summed E-state index contributed by atoms with van der Waals surface area (Å²) in [4.78, 5) is 12.3. The lowest BCUT2D eigenvalue weighted by atomic mass is 9.85. The van der Waals surface area contributed by atoms with Gasteiger partial charge in [0.25, 0.3) is 0 Å². The Morgan fingerprint density at radius 2 is 2.12 bits per heavy atom. The summed E-state index contributed by atoms with van der Waals surface area (Å²) in [7, 11) is 0. The first-order valence-corrected chi connectivity index (χ1v) is 6.33. The minimum absolute atomic E-state index is 0.131. The molecule has 0 amide bonds. The van der Waals surface area contributed by atoms with Crippen LogP contribution in [0.15, 0.2) is 11.6 Å². The van der Waals surface area contributed by atoms with Crippen LogP contribution in [-0.2, 0) is 9.53 Å². The Labute approximate surface area is 97.0 Å². The van der Waals surface area contributed by atoms with Gasteiger partial charge in [0.1, 0.15) is 5.54 Å². The van der Waals surface area contributed by atoms with Crippen molar-refractivity contribution in [2.45, 2.75) is 50.5 Å². The van der Waals surface area contributed by atoms with Crippen molar-refractivity contribution < 1.29 is 9.53 Å². The number of hydrogen-bond acceptors (Lipinski definition) is 3. The van der Waals surface area contributed by atoms with Gasteiger partial charge in [-0.1, -0.05) is 18.9 Å². The number of nitrogens with two attached hydrogens (primary N) is 1. The Morgan fingerprint density at radius 1 is 1.31 bits per heavy atom. The lowest BCUT2D eigenvalue weighted by Crippen LogP contribution is -2.49. The molecule has 2 rings (SSSR count). The molecule has 1 heterocycles. The van der Waals surface area contributed by atoms with Crippen molar-refractivity contribution in [3.8, 4) is 0 Å². The van der Waals surface area contributed by atoms with Crippen molar-refractivity contribution in [3.63, 3.8) is 0 Å². The standard InChI is InChI=1S/C13H21NO2/c14-13(8-9-16-10-13)12(15)11-6-4-2-1-3-5-7-11/h6H,1-5,7-10,14H2. The smallest absolute Gasteiger partial charge is 0.180 e. The van der Waals surface area contributed by atoms with Crippen LogP contribution >= 0.6 is 0 Å². The third-order valence-corrected chi connectivity index (χ3v) is 3.59. The van der Waals surface area contributed by atoms with Crippen molar-refractivity contribution in [2.75, 3.05) is 13.2 Å². The highest BCUT2D eigenvalue weighted by Crippen LogP contribution is 2.25. The lowest BCUT2D eigenvalue weighted by Gasteiger charge is -2.22. The van der Waals surface area contributed by atoms with Gasteiger partial charge in [-0.2, -0.15) is 0 Å². The van der Waals surface area contributed by atoms with Gasteiger partial charge in [0.15, 0.2) is 5.78 Å². The summed E-state index contributed by atoms with van der Waals surface area (Å²) in [6.07, 6.45) is 9.54. The SMILES string of the molecule is NC1(C(=O)C2=CCCCCCC2)CCOC1. The molecule has 1 unspecified atom stereocenters. The largest absolute Gasteiger partial charge is 0.379 e. The molecular formula is C13H21NO2. The van der Waals surface area contributed by atoms with E-state index in [0.717, 1.165) is 24.8 Å². The predicted octanol–water partition coefficient (Wildman–Crippen LogP) is 1.95. The van der Waals surface area contributed by atoms with Crippen LogP contribution in [0.3, 0.4) is 0 Å². The maximum atomic E-state index is 12.3. The molecule has 2 aliphatic rings. The van der Waals surface area contributed by atoms with Crippen LogP contribution in [-0.4, -0.2) is 24.5 Å². The fraction of sp³-hybridized carbons (Fsp3) is 0.769. The van der Waals surface area contributed by atoms with Gasteiger partial charge in [-0.25, -0.2) is 0 Å². The van der Waals surface area contributed by atoms with Crippen LogP contribution in [0.4, 0.5) is 0 Å². The minimum atomic E-state index is -0.731. The molecule has 1 atom stereocenters. The van der Waals surface area contributed by atoms with Gasteiger partial charge < -0.3 is 10.5 Å². The van der Waals surface area contributed by atoms with Gasteiger partial charge in [-0.05, 0) is 37.7 Å². The van der Waals surface area contributed by atoms with E-state index in [1.807, 2.05) is 0 Å². The fourth-order valence-electron chi connectivity index (χ4n) is 2.48. The number of Topliss-reactive ketones (excluding diaryl/α,β-unsaturated/α-hetero) is 1. The summed E-state index contributed by atoms with van der Waals surface area (Å²) in [6, 6.07) is 0. The zero-order valence-corrected chi connectivity index (χ0v) is 9.84. The third kappa shape index (κ3) is 2.53. The van der Waals surface area contributed by atoms with Crippen LogP contribution in [0.1, 0.15) is 44.9 Å². The van der Waals surface area contributed by atoms with Gasteiger partial charge in [0.2, 0.25) is 0 Å². The van der Waals surface area contributed by atoms with Gasteiger partial charge >= 0.3 is 0 Å². The molecule has 0 radical (unpaired) electrons. The van der Waals surface area contributed by atoms with E-state index in [0.29, 0.717) is 19.6 Å². The van der Waals surface area contributed by atoms with E-state index in [9.17, 15) is 4.79 Å². The molecule has 1 saturated heterocycles. The number of carbonyl (C=O) groups excluding carboxylic acids is 1. The Hall–Kier alpha value is -0.670. The van der Waals surface area contributed by atoms with E-state index in [1.54, 1.807) is 0 Å². The highest BCUT2D eigenvalue weighted by atomic mass is 16.5. The topological polar surface area (TPSA) is 52.3 Å². The molecule has 90 valence electrons. The zero-order valence-electron chi connectivity index (χ0n) is 9.84. The molecule has 3 nitrogen and oxygen atoms in total. The minimum Gasteiger partial charge on any atom is -0.379 e. The summed E-state index contributed by atoms with van der Waals surface area (Å²) in [6.45, 7) is 1.01. The average molecular weight is 223 g/mol. The van der Waals surface area contributed by atoms with E-state index < -0.39 is 5.54 Å². The van der Waals surface area contributed by atoms with Crippen molar-refractivity contribution in [1.29, 1.82) is 0 Å². The normalized spacial score (nSPS) is 31.7. The number of allylic oxidation sites excluding steroid dienone is 1. The second-order valence-electron chi connectivity index (χ2n) is 4.97. The number of rotatable bonds is 2. The first kappa shape index (κ1) is 11.8. The van der Waals surface area contributed by atoms with Crippen molar-refractivity contribution in [3.05, 3.63) is 11.6 Å². The van der Waals surface area contributed by atoms with Crippen LogP contribution in [0.5, 0.6) is 0 Å². The molecule has 1 fully saturated rings. The molecule has 2 N–H and O–H groups in total. The number of carbonyl (C=O) groups is 1. The molecule has 0 aromatic heterocycles. The van der Waals surface area contributed by atoms with Crippen molar-refractivity contribution in [1.82, 2.24) is 0 Å². The number of ketones is 1. The maximum Gasteiger partial charge on any atom is 0.180 e. The lowest BCUT2D eigenvalue weighted by molar-refractivity contribution is -0.120. The van der Waals surface area contributed by atoms with Gasteiger partial charge in [-0.15, -0.1) is 0 Å². The Morgan fingerprint density at radius 3 is 2.88 bits per heavy atom. The van der Waals surface area contributed by atoms with Crippen molar-refractivity contribution in [2.24, 2.45) is 5.73 Å². The molecule has 3 heteroatoms. The highest BCUT2D eigenvalue weighted by Gasteiger charge is 2.39. The van der Waals surface area contributed by atoms with E-state index in [4.69, 9.17) is 10.5 Å². The van der Waals surface area contributed by atoms with Crippen molar-refractivity contribution >= 4 is 5.78 Å². The van der Waals surface area contributed by atoms with Gasteiger partial charge in [0, 0.05) is 6.61 Å². The first-order chi connectivity index (χ1) is 7.72. The monoisotopic (exact) mass is 223 g/mol. The quantitative estimate of drug-likeness (QED) is 0.778. The second kappa shape index (κ2) is 5.11. The Bertz CT molecular complexity index is 290. The van der Waals surface area contributed by atoms with Crippen LogP contribution < -0.4 is 5.73 Å². The summed E-state index contributed by atoms with van der Waals surface area (Å²) >= 11 is 0. The third-order valence-electron chi connectivity index (χ3n) is 3.59. The van der Waals surface area contributed by atoms with Crippen LogP contribution in [0.2, 0.25) is 0 Å². The fourth-order valence-corrected chi connectivity index (χ4v) is 2.48. The van der Waals surface area contributed by atoms with E-state index in [1.165, 1.54) is 19.3 Å². The molecule has 0 saturated carbocycles. The van der Waals surface area contributed by atoms with Crippen LogP contribution in [0.25, 0.3) is 0 Å². The molecule has 0 aromatic carbocycles. The first-order valence-electron chi connectivity index (χ1n) is 6.33. The molecule has 0 aromatic rings. The Kier molecular flexibility index (Phi) is 3.77. The zero-order chi connectivity index (χ0) is 11.4. The maximum absolute atomic E-state index is 12.3. The Balaban J connectivity index is 2.06. The molecule has 0 spiro atoms. The molecule has 1 aliphatic carbocycles. The second-order valence-corrected chi connectivity index (χ2v) is 4.97. The molecule has 1 aliphatic heterocycles. The molecule has 0 bridgehead atoms.